The van der Waals surface area contributed by atoms with Gasteiger partial charge in [-0.3, -0.25) is 4.98 Å². The molecule has 0 saturated heterocycles. The zero-order valence-electron chi connectivity index (χ0n) is 13.0. The molecule has 0 unspecified atom stereocenters. The third-order valence-electron chi connectivity index (χ3n) is 3.21. The molecule has 2 aromatic rings. The third-order valence-corrected chi connectivity index (χ3v) is 3.21. The second-order valence-corrected chi connectivity index (χ2v) is 6.37. The summed E-state index contributed by atoms with van der Waals surface area (Å²) >= 11 is 0. The molecule has 0 aliphatic heterocycles. The van der Waals surface area contributed by atoms with Crippen molar-refractivity contribution >= 4 is 0 Å². The van der Waals surface area contributed by atoms with Crippen molar-refractivity contribution in [1.29, 1.82) is 0 Å². The molecule has 2 rings (SSSR count). The Hall–Kier alpha value is -1.83. The summed E-state index contributed by atoms with van der Waals surface area (Å²) in [6.07, 6.45) is 3.74. The largest absolute Gasteiger partial charge is 0.489 e. The standard InChI is InChI=1S/C18H23NO/c1-13(2)20-17-12-19-11-10-16(17)14-6-8-15(9-7-14)18(3,4)5/h6-13H,1-5H3. The molecule has 0 amide bonds. The van der Waals surface area contributed by atoms with E-state index >= 15 is 0 Å². The highest BCUT2D eigenvalue weighted by Gasteiger charge is 2.14. The van der Waals surface area contributed by atoms with Gasteiger partial charge in [-0.25, -0.2) is 0 Å². The highest BCUT2D eigenvalue weighted by molar-refractivity contribution is 5.70. The fourth-order valence-corrected chi connectivity index (χ4v) is 2.12. The van der Waals surface area contributed by atoms with Gasteiger partial charge in [0.2, 0.25) is 0 Å². The Labute approximate surface area is 121 Å². The van der Waals surface area contributed by atoms with Crippen LogP contribution in [0.3, 0.4) is 0 Å². The van der Waals surface area contributed by atoms with Crippen LogP contribution < -0.4 is 4.74 Å². The van der Waals surface area contributed by atoms with Gasteiger partial charge < -0.3 is 4.74 Å². The predicted molar refractivity (Wildman–Crippen MR) is 84.1 cm³/mol. The fraction of sp³-hybridized carbons (Fsp3) is 0.389. The van der Waals surface area contributed by atoms with Gasteiger partial charge in [-0.2, -0.15) is 0 Å². The smallest absolute Gasteiger partial charge is 0.145 e. The van der Waals surface area contributed by atoms with Crippen LogP contribution in [-0.4, -0.2) is 11.1 Å². The SMILES string of the molecule is CC(C)Oc1cnccc1-c1ccc(C(C)(C)C)cc1. The molecular weight excluding hydrogens is 246 g/mol. The van der Waals surface area contributed by atoms with Gasteiger partial charge >= 0.3 is 0 Å². The minimum absolute atomic E-state index is 0.145. The molecule has 2 heteroatoms. The summed E-state index contributed by atoms with van der Waals surface area (Å²) in [5.74, 6) is 0.839. The first kappa shape index (κ1) is 14.6. The van der Waals surface area contributed by atoms with Crippen molar-refractivity contribution in [3.63, 3.8) is 0 Å². The Morgan fingerprint density at radius 3 is 2.20 bits per heavy atom. The van der Waals surface area contributed by atoms with E-state index in [1.807, 2.05) is 19.9 Å². The number of ether oxygens (including phenoxy) is 1. The van der Waals surface area contributed by atoms with E-state index in [0.717, 1.165) is 16.9 Å². The Morgan fingerprint density at radius 1 is 1.00 bits per heavy atom. The van der Waals surface area contributed by atoms with Gasteiger partial charge in [-0.05, 0) is 36.5 Å². The highest BCUT2D eigenvalue weighted by atomic mass is 16.5. The summed E-state index contributed by atoms with van der Waals surface area (Å²) in [4.78, 5) is 4.16. The van der Waals surface area contributed by atoms with E-state index in [0.29, 0.717) is 0 Å². The van der Waals surface area contributed by atoms with Crippen LogP contribution in [0.2, 0.25) is 0 Å². The van der Waals surface area contributed by atoms with Crippen molar-refractivity contribution in [1.82, 2.24) is 4.98 Å². The van der Waals surface area contributed by atoms with E-state index in [-0.39, 0.29) is 11.5 Å². The summed E-state index contributed by atoms with van der Waals surface area (Å²) in [7, 11) is 0. The van der Waals surface area contributed by atoms with Crippen molar-refractivity contribution in [3.05, 3.63) is 48.3 Å². The van der Waals surface area contributed by atoms with E-state index in [1.54, 1.807) is 12.4 Å². The second-order valence-electron chi connectivity index (χ2n) is 6.37. The minimum atomic E-state index is 0.145. The lowest BCUT2D eigenvalue weighted by atomic mass is 9.86. The number of benzene rings is 1. The number of nitrogens with zero attached hydrogens (tertiary/aromatic N) is 1. The molecule has 0 atom stereocenters. The van der Waals surface area contributed by atoms with Crippen molar-refractivity contribution in [2.45, 2.75) is 46.1 Å². The average Bonchev–Trinajstić information content (AvgIpc) is 2.38. The van der Waals surface area contributed by atoms with Gasteiger partial charge in [0, 0.05) is 11.8 Å². The van der Waals surface area contributed by atoms with Gasteiger partial charge in [0.25, 0.3) is 0 Å². The van der Waals surface area contributed by atoms with Crippen LogP contribution in [0.15, 0.2) is 42.7 Å². The topological polar surface area (TPSA) is 22.1 Å². The molecule has 0 spiro atoms. The predicted octanol–water partition coefficient (Wildman–Crippen LogP) is 4.83. The van der Waals surface area contributed by atoms with Crippen molar-refractivity contribution in [2.75, 3.05) is 0 Å². The zero-order valence-corrected chi connectivity index (χ0v) is 13.0. The van der Waals surface area contributed by atoms with Gasteiger partial charge in [-0.1, -0.05) is 45.0 Å². The Kier molecular flexibility index (Phi) is 4.12. The molecule has 20 heavy (non-hydrogen) atoms. The van der Waals surface area contributed by atoms with Gasteiger partial charge in [0.1, 0.15) is 5.75 Å². The molecule has 1 aromatic heterocycles. The van der Waals surface area contributed by atoms with Crippen LogP contribution in [0.25, 0.3) is 11.1 Å². The lowest BCUT2D eigenvalue weighted by Crippen LogP contribution is -2.10. The molecule has 1 aromatic carbocycles. The number of pyridine rings is 1. The molecule has 0 aliphatic carbocycles. The molecule has 0 radical (unpaired) electrons. The first-order valence-corrected chi connectivity index (χ1v) is 7.09. The van der Waals surface area contributed by atoms with E-state index in [9.17, 15) is 0 Å². The normalized spacial score (nSPS) is 11.7. The zero-order chi connectivity index (χ0) is 14.8. The lowest BCUT2D eigenvalue weighted by molar-refractivity contribution is 0.242. The van der Waals surface area contributed by atoms with Crippen LogP contribution in [0.5, 0.6) is 5.75 Å². The summed E-state index contributed by atoms with van der Waals surface area (Å²) in [6.45, 7) is 10.7. The summed E-state index contributed by atoms with van der Waals surface area (Å²) < 4.78 is 5.83. The van der Waals surface area contributed by atoms with Crippen LogP contribution >= 0.6 is 0 Å². The maximum atomic E-state index is 5.83. The maximum absolute atomic E-state index is 5.83. The first-order chi connectivity index (χ1) is 9.38. The lowest BCUT2D eigenvalue weighted by Gasteiger charge is -2.19. The van der Waals surface area contributed by atoms with E-state index in [4.69, 9.17) is 4.74 Å². The van der Waals surface area contributed by atoms with Crippen molar-refractivity contribution < 1.29 is 4.74 Å². The Morgan fingerprint density at radius 2 is 1.65 bits per heavy atom. The number of aromatic nitrogens is 1. The second kappa shape index (κ2) is 5.66. The van der Waals surface area contributed by atoms with Crippen LogP contribution in [-0.2, 0) is 5.41 Å². The number of hydrogen-bond donors (Lipinski definition) is 0. The van der Waals surface area contributed by atoms with Gasteiger partial charge in [0.15, 0.2) is 0 Å². The third kappa shape index (κ3) is 3.38. The molecular formula is C18H23NO. The highest BCUT2D eigenvalue weighted by Crippen LogP contribution is 2.31. The summed E-state index contributed by atoms with van der Waals surface area (Å²) in [6, 6.07) is 10.7. The average molecular weight is 269 g/mol. The molecule has 0 fully saturated rings. The van der Waals surface area contributed by atoms with E-state index in [2.05, 4.69) is 50.0 Å². The molecule has 0 bridgehead atoms. The molecule has 2 nitrogen and oxygen atoms in total. The number of rotatable bonds is 3. The summed E-state index contributed by atoms with van der Waals surface area (Å²) in [5, 5.41) is 0. The van der Waals surface area contributed by atoms with Crippen molar-refractivity contribution in [3.8, 4) is 16.9 Å². The fourth-order valence-electron chi connectivity index (χ4n) is 2.12. The Balaban J connectivity index is 2.37. The van der Waals surface area contributed by atoms with E-state index in [1.165, 1.54) is 5.56 Å². The molecule has 106 valence electrons. The van der Waals surface area contributed by atoms with Crippen LogP contribution in [0, 0.1) is 0 Å². The molecule has 0 aliphatic rings. The number of hydrogen-bond acceptors (Lipinski definition) is 2. The van der Waals surface area contributed by atoms with Gasteiger partial charge in [0.05, 0.1) is 12.3 Å². The monoisotopic (exact) mass is 269 g/mol. The van der Waals surface area contributed by atoms with Crippen LogP contribution in [0.4, 0.5) is 0 Å². The minimum Gasteiger partial charge on any atom is -0.489 e. The molecule has 0 saturated carbocycles. The van der Waals surface area contributed by atoms with Gasteiger partial charge in [-0.15, -0.1) is 0 Å². The van der Waals surface area contributed by atoms with E-state index < -0.39 is 0 Å². The quantitative estimate of drug-likeness (QED) is 0.796. The molecule has 0 N–H and O–H groups in total. The first-order valence-electron chi connectivity index (χ1n) is 7.09. The van der Waals surface area contributed by atoms with Crippen LogP contribution in [0.1, 0.15) is 40.2 Å². The maximum Gasteiger partial charge on any atom is 0.145 e. The Bertz CT molecular complexity index is 565. The summed E-state index contributed by atoms with van der Waals surface area (Å²) in [5.41, 5.74) is 3.76. The van der Waals surface area contributed by atoms with Crippen molar-refractivity contribution in [2.24, 2.45) is 0 Å². The molecule has 1 heterocycles.